The first kappa shape index (κ1) is 18.8. The number of phenolic OH excluding ortho intramolecular Hbond substituents is 1. The van der Waals surface area contributed by atoms with Gasteiger partial charge >= 0.3 is 0 Å². The number of phenols is 1. The zero-order valence-electron chi connectivity index (χ0n) is 15.2. The molecule has 0 spiro atoms. The van der Waals surface area contributed by atoms with Gasteiger partial charge in [0.2, 0.25) is 11.8 Å². The highest BCUT2D eigenvalue weighted by molar-refractivity contribution is 5.94. The van der Waals surface area contributed by atoms with Crippen LogP contribution in [0.15, 0.2) is 48.5 Å². The van der Waals surface area contributed by atoms with Crippen molar-refractivity contribution in [2.24, 2.45) is 11.7 Å². The van der Waals surface area contributed by atoms with Gasteiger partial charge in [0.1, 0.15) is 5.75 Å². The van der Waals surface area contributed by atoms with Crippen LogP contribution in [0.1, 0.15) is 24.8 Å². The number of carbonyl (C=O) groups is 2. The van der Waals surface area contributed by atoms with Crippen LogP contribution in [-0.2, 0) is 16.0 Å². The van der Waals surface area contributed by atoms with Crippen molar-refractivity contribution in [2.75, 3.05) is 23.3 Å². The van der Waals surface area contributed by atoms with Crippen molar-refractivity contribution in [3.8, 4) is 5.75 Å². The van der Waals surface area contributed by atoms with Crippen molar-refractivity contribution in [3.05, 3.63) is 54.1 Å². The van der Waals surface area contributed by atoms with Crippen molar-refractivity contribution < 1.29 is 14.7 Å². The number of anilines is 2. The molecule has 0 saturated carbocycles. The summed E-state index contributed by atoms with van der Waals surface area (Å²) in [6.07, 6.45) is 2.22. The summed E-state index contributed by atoms with van der Waals surface area (Å²) >= 11 is 0. The van der Waals surface area contributed by atoms with Gasteiger partial charge in [-0.05, 0) is 43.0 Å². The minimum atomic E-state index is -0.236. The van der Waals surface area contributed by atoms with Crippen LogP contribution >= 0.6 is 0 Å². The number of amides is 2. The van der Waals surface area contributed by atoms with E-state index < -0.39 is 0 Å². The molecule has 27 heavy (non-hydrogen) atoms. The van der Waals surface area contributed by atoms with Crippen molar-refractivity contribution in [1.29, 1.82) is 0 Å². The molecular formula is C21H25N3O3. The van der Waals surface area contributed by atoms with E-state index in [0.29, 0.717) is 6.42 Å². The van der Waals surface area contributed by atoms with Gasteiger partial charge in [-0.3, -0.25) is 9.59 Å². The molecule has 3 rings (SSSR count). The highest BCUT2D eigenvalue weighted by Gasteiger charge is 2.24. The van der Waals surface area contributed by atoms with Gasteiger partial charge < -0.3 is 21.1 Å². The zero-order valence-corrected chi connectivity index (χ0v) is 15.2. The van der Waals surface area contributed by atoms with Crippen molar-refractivity contribution in [1.82, 2.24) is 0 Å². The first-order valence-electron chi connectivity index (χ1n) is 9.24. The molecule has 1 fully saturated rings. The average molecular weight is 367 g/mol. The Kier molecular flexibility index (Phi) is 5.96. The first-order valence-corrected chi connectivity index (χ1v) is 9.24. The maximum Gasteiger partial charge on any atom is 0.224 e. The Labute approximate surface area is 159 Å². The molecule has 4 N–H and O–H groups in total. The van der Waals surface area contributed by atoms with Crippen molar-refractivity contribution >= 4 is 23.2 Å². The number of primary amides is 1. The molecule has 1 saturated heterocycles. The van der Waals surface area contributed by atoms with E-state index in [1.165, 1.54) is 0 Å². The molecule has 0 aromatic heterocycles. The predicted octanol–water partition coefficient (Wildman–Crippen LogP) is 2.67. The molecule has 0 aliphatic carbocycles. The molecule has 1 heterocycles. The molecule has 1 aliphatic heterocycles. The minimum Gasteiger partial charge on any atom is -0.508 e. The Morgan fingerprint density at radius 2 is 1.74 bits per heavy atom. The molecule has 2 aromatic rings. The summed E-state index contributed by atoms with van der Waals surface area (Å²) in [5.74, 6) is -0.192. The fraction of sp³-hybridized carbons (Fsp3) is 0.333. The van der Waals surface area contributed by atoms with Gasteiger partial charge in [0.15, 0.2) is 0 Å². The second-order valence-electron chi connectivity index (χ2n) is 6.86. The Hall–Kier alpha value is -3.02. The number of aromatic hydroxyl groups is 1. The Morgan fingerprint density at radius 3 is 2.44 bits per heavy atom. The Balaban J connectivity index is 1.61. The number of aryl methyl sites for hydroxylation is 1. The summed E-state index contributed by atoms with van der Waals surface area (Å²) in [6, 6.07) is 14.7. The highest BCUT2D eigenvalue weighted by Crippen LogP contribution is 2.30. The molecule has 0 radical (unpaired) electrons. The molecule has 2 aromatic carbocycles. The summed E-state index contributed by atoms with van der Waals surface area (Å²) in [7, 11) is 0. The van der Waals surface area contributed by atoms with Crippen LogP contribution in [-0.4, -0.2) is 30.0 Å². The molecule has 6 heteroatoms. The Morgan fingerprint density at radius 1 is 1.07 bits per heavy atom. The second-order valence-corrected chi connectivity index (χ2v) is 6.86. The van der Waals surface area contributed by atoms with Crippen LogP contribution in [0.25, 0.3) is 0 Å². The van der Waals surface area contributed by atoms with Gasteiger partial charge in [-0.2, -0.15) is 0 Å². The number of piperidine rings is 1. The minimum absolute atomic E-state index is 0.0680. The largest absolute Gasteiger partial charge is 0.508 e. The number of carbonyl (C=O) groups excluding carboxylic acids is 2. The number of hydrogen-bond donors (Lipinski definition) is 3. The maximum atomic E-state index is 12.4. The molecule has 2 amide bonds. The number of hydrogen-bond acceptors (Lipinski definition) is 4. The van der Waals surface area contributed by atoms with Crippen LogP contribution in [0.4, 0.5) is 11.4 Å². The quantitative estimate of drug-likeness (QED) is 0.731. The highest BCUT2D eigenvalue weighted by atomic mass is 16.3. The topological polar surface area (TPSA) is 95.7 Å². The van der Waals surface area contributed by atoms with Gasteiger partial charge in [0.05, 0.1) is 11.4 Å². The van der Waals surface area contributed by atoms with Gasteiger partial charge in [-0.15, -0.1) is 0 Å². The SMILES string of the molecule is NC(=O)C1CCN(c2ccccc2NC(=O)CCc2ccccc2O)CC1. The lowest BCUT2D eigenvalue weighted by Crippen LogP contribution is -2.38. The van der Waals surface area contributed by atoms with Gasteiger partial charge in [-0.1, -0.05) is 30.3 Å². The Bertz CT molecular complexity index is 814. The van der Waals surface area contributed by atoms with E-state index in [1.807, 2.05) is 36.4 Å². The summed E-state index contributed by atoms with van der Waals surface area (Å²) in [5.41, 5.74) is 7.88. The van der Waals surface area contributed by atoms with Crippen LogP contribution in [0.2, 0.25) is 0 Å². The summed E-state index contributed by atoms with van der Waals surface area (Å²) in [5, 5.41) is 12.8. The molecule has 0 atom stereocenters. The number of benzene rings is 2. The standard InChI is InChI=1S/C21H25N3O3/c22-21(27)16-11-13-24(14-12-16)18-7-3-2-6-17(18)23-20(26)10-9-15-5-1-4-8-19(15)25/h1-8,16,25H,9-14H2,(H2,22,27)(H,23,26). The summed E-state index contributed by atoms with van der Waals surface area (Å²) in [6.45, 7) is 1.47. The number of nitrogens with zero attached hydrogens (tertiary/aromatic N) is 1. The van der Waals surface area contributed by atoms with Crippen LogP contribution in [0, 0.1) is 5.92 Å². The van der Waals surface area contributed by atoms with Crippen molar-refractivity contribution in [3.63, 3.8) is 0 Å². The molecule has 6 nitrogen and oxygen atoms in total. The van der Waals surface area contributed by atoms with Crippen LogP contribution < -0.4 is 16.0 Å². The van der Waals surface area contributed by atoms with Crippen LogP contribution in [0.5, 0.6) is 5.75 Å². The molecule has 142 valence electrons. The molecule has 0 bridgehead atoms. The van der Waals surface area contributed by atoms with E-state index in [4.69, 9.17) is 5.73 Å². The lowest BCUT2D eigenvalue weighted by Gasteiger charge is -2.33. The van der Waals surface area contributed by atoms with E-state index >= 15 is 0 Å². The van der Waals surface area contributed by atoms with E-state index in [1.54, 1.807) is 12.1 Å². The third kappa shape index (κ3) is 4.78. The number of rotatable bonds is 6. The number of para-hydroxylation sites is 3. The van der Waals surface area contributed by atoms with E-state index in [9.17, 15) is 14.7 Å². The van der Waals surface area contributed by atoms with E-state index in [-0.39, 0.29) is 29.9 Å². The molecule has 0 unspecified atom stereocenters. The smallest absolute Gasteiger partial charge is 0.224 e. The third-order valence-corrected chi connectivity index (χ3v) is 5.03. The molecule has 1 aliphatic rings. The van der Waals surface area contributed by atoms with E-state index in [2.05, 4.69) is 10.2 Å². The molecular weight excluding hydrogens is 342 g/mol. The monoisotopic (exact) mass is 367 g/mol. The number of nitrogens with two attached hydrogens (primary N) is 1. The van der Waals surface area contributed by atoms with Gasteiger partial charge in [0.25, 0.3) is 0 Å². The zero-order chi connectivity index (χ0) is 19.2. The fourth-order valence-electron chi connectivity index (χ4n) is 3.44. The van der Waals surface area contributed by atoms with Gasteiger partial charge in [0, 0.05) is 25.4 Å². The lowest BCUT2D eigenvalue weighted by atomic mass is 9.96. The number of nitrogens with one attached hydrogen (secondary N) is 1. The summed E-state index contributed by atoms with van der Waals surface area (Å²) in [4.78, 5) is 25.9. The average Bonchev–Trinajstić information content (AvgIpc) is 2.68. The third-order valence-electron chi connectivity index (χ3n) is 5.03. The summed E-state index contributed by atoms with van der Waals surface area (Å²) < 4.78 is 0. The lowest BCUT2D eigenvalue weighted by molar-refractivity contribution is -0.122. The van der Waals surface area contributed by atoms with Crippen molar-refractivity contribution in [2.45, 2.75) is 25.7 Å². The maximum absolute atomic E-state index is 12.4. The van der Waals surface area contributed by atoms with Gasteiger partial charge in [-0.25, -0.2) is 0 Å². The first-order chi connectivity index (χ1) is 13.0. The fourth-order valence-corrected chi connectivity index (χ4v) is 3.44. The second kappa shape index (κ2) is 8.58. The van der Waals surface area contributed by atoms with Crippen LogP contribution in [0.3, 0.4) is 0 Å². The normalized spacial score (nSPS) is 14.7. The predicted molar refractivity (Wildman–Crippen MR) is 106 cm³/mol. The van der Waals surface area contributed by atoms with E-state index in [0.717, 1.165) is 42.9 Å².